The van der Waals surface area contributed by atoms with Crippen LogP contribution in [0.1, 0.15) is 58.4 Å². The van der Waals surface area contributed by atoms with Crippen LogP contribution in [0.25, 0.3) is 0 Å². The van der Waals surface area contributed by atoms with Crippen molar-refractivity contribution in [3.8, 4) is 0 Å². The van der Waals surface area contributed by atoms with Crippen LogP contribution < -0.4 is 16.0 Å². The number of rotatable bonds is 5. The average Bonchev–Trinajstić information content (AvgIpc) is 3.29. The van der Waals surface area contributed by atoms with E-state index in [9.17, 15) is 4.79 Å². The van der Waals surface area contributed by atoms with Crippen LogP contribution in [0, 0.1) is 5.41 Å². The number of hydrogen-bond acceptors (Lipinski definition) is 2. The standard InChI is InChI=1S/C22H35N5O/c1-4-23-20(27-14-13-22(16-27)11-5-6-12-22)24-15-18-7-9-19(10-8-18)26-21(28)25-17(2)3/h7-10,17H,4-6,11-16H2,1-3H3,(H,23,24)(H2,25,26,28). The molecule has 6 heteroatoms. The molecule has 0 aromatic heterocycles. The highest BCUT2D eigenvalue weighted by molar-refractivity contribution is 5.89. The number of likely N-dealkylation sites (tertiary alicyclic amines) is 1. The van der Waals surface area contributed by atoms with E-state index in [0.717, 1.165) is 36.8 Å². The van der Waals surface area contributed by atoms with Crippen molar-refractivity contribution in [1.29, 1.82) is 0 Å². The summed E-state index contributed by atoms with van der Waals surface area (Å²) in [7, 11) is 0. The number of carbonyl (C=O) groups is 1. The van der Waals surface area contributed by atoms with Gasteiger partial charge in [-0.05, 0) is 63.1 Å². The molecule has 1 spiro atoms. The predicted octanol–water partition coefficient (Wildman–Crippen LogP) is 3.95. The van der Waals surface area contributed by atoms with E-state index in [1.165, 1.54) is 32.1 Å². The highest BCUT2D eigenvalue weighted by Gasteiger charge is 2.41. The Morgan fingerprint density at radius 3 is 2.54 bits per heavy atom. The zero-order valence-corrected chi connectivity index (χ0v) is 17.6. The summed E-state index contributed by atoms with van der Waals surface area (Å²) in [6, 6.07) is 7.86. The van der Waals surface area contributed by atoms with Gasteiger partial charge in [0.1, 0.15) is 0 Å². The van der Waals surface area contributed by atoms with Crippen LogP contribution in [0.4, 0.5) is 10.5 Å². The monoisotopic (exact) mass is 385 g/mol. The van der Waals surface area contributed by atoms with Gasteiger partial charge in [-0.3, -0.25) is 0 Å². The number of nitrogens with zero attached hydrogens (tertiary/aromatic N) is 2. The molecule has 154 valence electrons. The molecule has 2 amide bonds. The first kappa shape index (κ1) is 20.5. The third kappa shape index (κ3) is 5.40. The zero-order valence-electron chi connectivity index (χ0n) is 17.6. The number of urea groups is 1. The quantitative estimate of drug-likeness (QED) is 0.531. The largest absolute Gasteiger partial charge is 0.357 e. The van der Waals surface area contributed by atoms with Crippen LogP contribution in [0.5, 0.6) is 0 Å². The predicted molar refractivity (Wildman–Crippen MR) is 116 cm³/mol. The second kappa shape index (κ2) is 9.30. The van der Waals surface area contributed by atoms with Gasteiger partial charge in [0.25, 0.3) is 0 Å². The van der Waals surface area contributed by atoms with E-state index in [1.807, 2.05) is 38.1 Å². The third-order valence-corrected chi connectivity index (χ3v) is 5.78. The van der Waals surface area contributed by atoms with Crippen molar-refractivity contribution in [2.45, 2.75) is 65.5 Å². The van der Waals surface area contributed by atoms with E-state index in [1.54, 1.807) is 0 Å². The molecule has 28 heavy (non-hydrogen) atoms. The van der Waals surface area contributed by atoms with Gasteiger partial charge in [0.15, 0.2) is 5.96 Å². The topological polar surface area (TPSA) is 68.8 Å². The molecule has 2 aliphatic rings. The number of hydrogen-bond donors (Lipinski definition) is 3. The molecular formula is C22H35N5O. The van der Waals surface area contributed by atoms with Crippen LogP contribution in [-0.4, -0.2) is 42.6 Å². The van der Waals surface area contributed by atoms with Gasteiger partial charge in [-0.15, -0.1) is 0 Å². The van der Waals surface area contributed by atoms with Crippen molar-refractivity contribution in [2.24, 2.45) is 10.4 Å². The lowest BCUT2D eigenvalue weighted by Crippen LogP contribution is -2.41. The number of amides is 2. The van der Waals surface area contributed by atoms with Gasteiger partial charge >= 0.3 is 6.03 Å². The fourth-order valence-electron chi connectivity index (χ4n) is 4.36. The molecule has 2 fully saturated rings. The van der Waals surface area contributed by atoms with E-state index < -0.39 is 0 Å². The smallest absolute Gasteiger partial charge is 0.319 e. The molecule has 1 heterocycles. The van der Waals surface area contributed by atoms with E-state index in [4.69, 9.17) is 4.99 Å². The molecule has 1 saturated carbocycles. The van der Waals surface area contributed by atoms with Gasteiger partial charge in [-0.2, -0.15) is 0 Å². The molecular weight excluding hydrogens is 350 g/mol. The zero-order chi connectivity index (χ0) is 20.0. The Balaban J connectivity index is 1.58. The molecule has 1 aliphatic heterocycles. The normalized spacial score (nSPS) is 18.7. The van der Waals surface area contributed by atoms with Crippen LogP contribution in [-0.2, 0) is 6.54 Å². The van der Waals surface area contributed by atoms with Crippen molar-refractivity contribution in [3.63, 3.8) is 0 Å². The van der Waals surface area contributed by atoms with Gasteiger partial charge in [0.2, 0.25) is 0 Å². The Hall–Kier alpha value is -2.24. The van der Waals surface area contributed by atoms with E-state index in [2.05, 4.69) is 27.8 Å². The Kier molecular flexibility index (Phi) is 6.81. The molecule has 0 radical (unpaired) electrons. The van der Waals surface area contributed by atoms with Gasteiger partial charge in [0, 0.05) is 31.4 Å². The number of guanidine groups is 1. The first-order chi connectivity index (χ1) is 13.5. The fraction of sp³-hybridized carbons (Fsp3) is 0.636. The molecule has 0 unspecified atom stereocenters. The minimum atomic E-state index is -0.176. The van der Waals surface area contributed by atoms with E-state index >= 15 is 0 Å². The maximum atomic E-state index is 11.8. The lowest BCUT2D eigenvalue weighted by Gasteiger charge is -2.26. The van der Waals surface area contributed by atoms with Crippen molar-refractivity contribution in [3.05, 3.63) is 29.8 Å². The van der Waals surface area contributed by atoms with Gasteiger partial charge < -0.3 is 20.9 Å². The molecule has 3 rings (SSSR count). The minimum Gasteiger partial charge on any atom is -0.357 e. The highest BCUT2D eigenvalue weighted by atomic mass is 16.2. The summed E-state index contributed by atoms with van der Waals surface area (Å²) in [6.45, 7) is 9.79. The van der Waals surface area contributed by atoms with Gasteiger partial charge in [-0.1, -0.05) is 25.0 Å². The third-order valence-electron chi connectivity index (χ3n) is 5.78. The summed E-state index contributed by atoms with van der Waals surface area (Å²) in [5.41, 5.74) is 2.47. The van der Waals surface area contributed by atoms with Gasteiger partial charge in [-0.25, -0.2) is 9.79 Å². The Bertz CT molecular complexity index is 677. The van der Waals surface area contributed by atoms with Crippen molar-refractivity contribution in [2.75, 3.05) is 25.0 Å². The first-order valence-electron chi connectivity index (χ1n) is 10.7. The van der Waals surface area contributed by atoms with Crippen LogP contribution >= 0.6 is 0 Å². The summed E-state index contributed by atoms with van der Waals surface area (Å²) >= 11 is 0. The Morgan fingerprint density at radius 2 is 1.89 bits per heavy atom. The first-order valence-corrected chi connectivity index (χ1v) is 10.7. The molecule has 1 aliphatic carbocycles. The summed E-state index contributed by atoms with van der Waals surface area (Å²) in [6.07, 6.45) is 6.83. The molecule has 0 bridgehead atoms. The molecule has 3 N–H and O–H groups in total. The average molecular weight is 386 g/mol. The fourth-order valence-corrected chi connectivity index (χ4v) is 4.36. The summed E-state index contributed by atoms with van der Waals surface area (Å²) in [4.78, 5) is 19.1. The second-order valence-corrected chi connectivity index (χ2v) is 8.50. The molecule has 6 nitrogen and oxygen atoms in total. The van der Waals surface area contributed by atoms with Crippen molar-refractivity contribution < 1.29 is 4.79 Å². The molecule has 1 aromatic carbocycles. The van der Waals surface area contributed by atoms with Crippen LogP contribution in [0.15, 0.2) is 29.3 Å². The summed E-state index contributed by atoms with van der Waals surface area (Å²) in [5.74, 6) is 1.03. The molecule has 0 atom stereocenters. The SMILES string of the molecule is CCNC(=NCc1ccc(NC(=O)NC(C)C)cc1)N1CCC2(CCCC2)C1. The Morgan fingerprint density at radius 1 is 1.18 bits per heavy atom. The molecule has 1 saturated heterocycles. The van der Waals surface area contributed by atoms with E-state index in [0.29, 0.717) is 12.0 Å². The number of carbonyl (C=O) groups excluding carboxylic acids is 1. The Labute approximate surface area is 169 Å². The summed E-state index contributed by atoms with van der Waals surface area (Å²) < 4.78 is 0. The highest BCUT2D eigenvalue weighted by Crippen LogP contribution is 2.45. The number of anilines is 1. The lowest BCUT2D eigenvalue weighted by atomic mass is 9.86. The van der Waals surface area contributed by atoms with E-state index in [-0.39, 0.29) is 12.1 Å². The van der Waals surface area contributed by atoms with Crippen LogP contribution in [0.3, 0.4) is 0 Å². The van der Waals surface area contributed by atoms with Crippen LogP contribution in [0.2, 0.25) is 0 Å². The van der Waals surface area contributed by atoms with Crippen molar-refractivity contribution >= 4 is 17.7 Å². The number of aliphatic imine (C=N–C) groups is 1. The summed E-state index contributed by atoms with van der Waals surface area (Å²) in [5, 5.41) is 9.15. The van der Waals surface area contributed by atoms with Crippen molar-refractivity contribution in [1.82, 2.24) is 15.5 Å². The minimum absolute atomic E-state index is 0.118. The lowest BCUT2D eigenvalue weighted by molar-refractivity contribution is 0.250. The maximum absolute atomic E-state index is 11.8. The number of benzene rings is 1. The van der Waals surface area contributed by atoms with Gasteiger partial charge in [0.05, 0.1) is 6.54 Å². The maximum Gasteiger partial charge on any atom is 0.319 e. The number of nitrogens with one attached hydrogen (secondary N) is 3. The molecule has 1 aromatic rings. The second-order valence-electron chi connectivity index (χ2n) is 8.50.